The quantitative estimate of drug-likeness (QED) is 0.558. The van der Waals surface area contributed by atoms with Crippen molar-refractivity contribution in [2.75, 3.05) is 13.6 Å². The van der Waals surface area contributed by atoms with E-state index in [0.717, 1.165) is 6.54 Å². The maximum Gasteiger partial charge on any atom is 0.320 e. The maximum atomic E-state index is 11.4. The molecule has 1 aliphatic rings. The minimum absolute atomic E-state index is 0.160. The molecule has 0 aromatic heterocycles. The van der Waals surface area contributed by atoms with Crippen molar-refractivity contribution in [3.05, 3.63) is 0 Å². The van der Waals surface area contributed by atoms with Gasteiger partial charge in [0.05, 0.1) is 0 Å². The number of likely N-dealkylation sites (N-methyl/N-ethyl adjacent to an activating group) is 1. The molecule has 1 saturated heterocycles. The van der Waals surface area contributed by atoms with E-state index in [-0.39, 0.29) is 6.03 Å². The third-order valence-corrected chi connectivity index (χ3v) is 2.12. The van der Waals surface area contributed by atoms with Gasteiger partial charge in [-0.2, -0.15) is 0 Å². The monoisotopic (exact) mass is 156 g/mol. The van der Waals surface area contributed by atoms with E-state index in [1.165, 1.54) is 0 Å². The van der Waals surface area contributed by atoms with Crippen molar-refractivity contribution in [3.8, 4) is 0 Å². The molecule has 1 fully saturated rings. The molecule has 0 radical (unpaired) electrons. The summed E-state index contributed by atoms with van der Waals surface area (Å²) >= 11 is 0. The zero-order valence-corrected chi connectivity index (χ0v) is 7.66. The van der Waals surface area contributed by atoms with E-state index >= 15 is 0 Å². The fraction of sp³-hybridized carbons (Fsp3) is 0.875. The third kappa shape index (κ3) is 1.32. The number of rotatable bonds is 1. The van der Waals surface area contributed by atoms with Gasteiger partial charge in [0.15, 0.2) is 0 Å². The van der Waals surface area contributed by atoms with E-state index in [9.17, 15) is 4.79 Å². The van der Waals surface area contributed by atoms with E-state index in [0.29, 0.717) is 12.1 Å². The van der Waals surface area contributed by atoms with Crippen LogP contribution in [0.2, 0.25) is 0 Å². The SMILES string of the molecule is CC(C)N1C(=O)N(C)C[C@@H]1C. The van der Waals surface area contributed by atoms with Gasteiger partial charge in [0.25, 0.3) is 0 Å². The summed E-state index contributed by atoms with van der Waals surface area (Å²) < 4.78 is 0. The highest BCUT2D eigenvalue weighted by molar-refractivity contribution is 5.77. The van der Waals surface area contributed by atoms with Crippen molar-refractivity contribution in [1.29, 1.82) is 0 Å². The molecule has 0 saturated carbocycles. The predicted octanol–water partition coefficient (Wildman–Crippen LogP) is 1.15. The lowest BCUT2D eigenvalue weighted by molar-refractivity contribution is 0.179. The molecule has 0 aromatic carbocycles. The molecular formula is C8H16N2O. The van der Waals surface area contributed by atoms with Crippen molar-refractivity contribution in [3.63, 3.8) is 0 Å². The number of hydrogen-bond donors (Lipinski definition) is 0. The van der Waals surface area contributed by atoms with Crippen LogP contribution >= 0.6 is 0 Å². The number of carbonyl (C=O) groups is 1. The minimum Gasteiger partial charge on any atom is -0.326 e. The molecule has 0 aliphatic carbocycles. The van der Waals surface area contributed by atoms with Crippen molar-refractivity contribution in [2.24, 2.45) is 0 Å². The van der Waals surface area contributed by atoms with Crippen LogP contribution < -0.4 is 0 Å². The van der Waals surface area contributed by atoms with E-state index in [4.69, 9.17) is 0 Å². The first kappa shape index (κ1) is 8.37. The topological polar surface area (TPSA) is 23.6 Å². The summed E-state index contributed by atoms with van der Waals surface area (Å²) in [6.07, 6.45) is 0. The zero-order valence-electron chi connectivity index (χ0n) is 7.66. The Morgan fingerprint density at radius 3 is 2.27 bits per heavy atom. The van der Waals surface area contributed by atoms with Gasteiger partial charge in [-0.05, 0) is 20.8 Å². The second-order valence-electron chi connectivity index (χ2n) is 3.51. The maximum absolute atomic E-state index is 11.4. The second kappa shape index (κ2) is 2.72. The third-order valence-electron chi connectivity index (χ3n) is 2.12. The smallest absolute Gasteiger partial charge is 0.320 e. The molecule has 0 N–H and O–H groups in total. The Morgan fingerprint density at radius 2 is 2.09 bits per heavy atom. The molecule has 1 atom stereocenters. The Kier molecular flexibility index (Phi) is 2.07. The first-order chi connectivity index (χ1) is 5.04. The number of carbonyl (C=O) groups excluding carboxylic acids is 1. The van der Waals surface area contributed by atoms with Crippen LogP contribution in [-0.2, 0) is 0 Å². The number of amides is 2. The first-order valence-electron chi connectivity index (χ1n) is 4.07. The van der Waals surface area contributed by atoms with Crippen molar-refractivity contribution in [1.82, 2.24) is 9.80 Å². The Hall–Kier alpha value is -0.730. The minimum atomic E-state index is 0.160. The average Bonchev–Trinajstić information content (AvgIpc) is 2.07. The highest BCUT2D eigenvalue weighted by Crippen LogP contribution is 2.16. The van der Waals surface area contributed by atoms with Gasteiger partial charge < -0.3 is 9.80 Å². The van der Waals surface area contributed by atoms with Gasteiger partial charge in [-0.3, -0.25) is 0 Å². The van der Waals surface area contributed by atoms with Gasteiger partial charge >= 0.3 is 6.03 Å². The molecular weight excluding hydrogens is 140 g/mol. The molecule has 11 heavy (non-hydrogen) atoms. The molecule has 0 spiro atoms. The van der Waals surface area contributed by atoms with Crippen molar-refractivity contribution < 1.29 is 4.79 Å². The highest BCUT2D eigenvalue weighted by Gasteiger charge is 2.33. The van der Waals surface area contributed by atoms with Gasteiger partial charge in [-0.25, -0.2) is 4.79 Å². The van der Waals surface area contributed by atoms with Crippen LogP contribution in [0, 0.1) is 0 Å². The lowest BCUT2D eigenvalue weighted by Gasteiger charge is -2.24. The van der Waals surface area contributed by atoms with Crippen LogP contribution in [0.3, 0.4) is 0 Å². The summed E-state index contributed by atoms with van der Waals surface area (Å²) in [5, 5.41) is 0. The molecule has 3 nitrogen and oxygen atoms in total. The summed E-state index contributed by atoms with van der Waals surface area (Å²) in [6.45, 7) is 7.04. The van der Waals surface area contributed by atoms with Crippen LogP contribution in [0.1, 0.15) is 20.8 Å². The lowest BCUT2D eigenvalue weighted by Crippen LogP contribution is -2.38. The zero-order chi connectivity index (χ0) is 8.59. The van der Waals surface area contributed by atoms with Gasteiger partial charge in [-0.1, -0.05) is 0 Å². The van der Waals surface area contributed by atoms with Crippen LogP contribution in [-0.4, -0.2) is 41.5 Å². The van der Waals surface area contributed by atoms with Crippen molar-refractivity contribution >= 4 is 6.03 Å². The molecule has 1 heterocycles. The predicted molar refractivity (Wildman–Crippen MR) is 44.5 cm³/mol. The summed E-state index contributed by atoms with van der Waals surface area (Å²) in [5.74, 6) is 0. The highest BCUT2D eigenvalue weighted by atomic mass is 16.2. The first-order valence-corrected chi connectivity index (χ1v) is 4.07. The summed E-state index contributed by atoms with van der Waals surface area (Å²) in [4.78, 5) is 15.1. The molecule has 1 rings (SSSR count). The summed E-state index contributed by atoms with van der Waals surface area (Å²) in [6, 6.07) is 0.849. The summed E-state index contributed by atoms with van der Waals surface area (Å²) in [5.41, 5.74) is 0. The van der Waals surface area contributed by atoms with Gasteiger partial charge in [-0.15, -0.1) is 0 Å². The van der Waals surface area contributed by atoms with Crippen LogP contribution in [0.25, 0.3) is 0 Å². The Balaban J connectivity index is 2.72. The molecule has 0 aromatic rings. The van der Waals surface area contributed by atoms with E-state index < -0.39 is 0 Å². The van der Waals surface area contributed by atoms with Crippen LogP contribution in [0.15, 0.2) is 0 Å². The fourth-order valence-corrected chi connectivity index (χ4v) is 1.68. The van der Waals surface area contributed by atoms with Gasteiger partial charge in [0.1, 0.15) is 0 Å². The number of nitrogens with zero attached hydrogens (tertiary/aromatic N) is 2. The van der Waals surface area contributed by atoms with Crippen LogP contribution in [0.5, 0.6) is 0 Å². The molecule has 0 unspecified atom stereocenters. The second-order valence-corrected chi connectivity index (χ2v) is 3.51. The van der Waals surface area contributed by atoms with E-state index in [2.05, 4.69) is 6.92 Å². The average molecular weight is 156 g/mol. The lowest BCUT2D eigenvalue weighted by atomic mass is 10.2. The Labute approximate surface area is 68.0 Å². The van der Waals surface area contributed by atoms with Gasteiger partial charge in [0, 0.05) is 25.7 Å². The standard InChI is InChI=1S/C8H16N2O/c1-6(2)10-7(3)5-9(4)8(10)11/h6-7H,5H2,1-4H3/t7-/m0/s1. The molecule has 0 bridgehead atoms. The molecule has 2 amide bonds. The molecule has 64 valence electrons. The largest absolute Gasteiger partial charge is 0.326 e. The summed E-state index contributed by atoms with van der Waals surface area (Å²) in [7, 11) is 1.85. The van der Waals surface area contributed by atoms with Gasteiger partial charge in [0.2, 0.25) is 0 Å². The molecule has 1 aliphatic heterocycles. The van der Waals surface area contributed by atoms with Crippen molar-refractivity contribution in [2.45, 2.75) is 32.9 Å². The Morgan fingerprint density at radius 1 is 1.55 bits per heavy atom. The normalized spacial score (nSPS) is 25.5. The fourth-order valence-electron chi connectivity index (χ4n) is 1.68. The Bertz CT molecular complexity index is 167. The van der Waals surface area contributed by atoms with E-state index in [1.807, 2.05) is 25.8 Å². The van der Waals surface area contributed by atoms with Crippen LogP contribution in [0.4, 0.5) is 4.79 Å². The molecule has 3 heteroatoms. The number of hydrogen-bond acceptors (Lipinski definition) is 1. The van der Waals surface area contributed by atoms with E-state index in [1.54, 1.807) is 4.90 Å². The number of urea groups is 1.